The van der Waals surface area contributed by atoms with Crippen LogP contribution >= 0.6 is 0 Å². The molecule has 1 N–H and O–H groups in total. The van der Waals surface area contributed by atoms with Crippen molar-refractivity contribution in [2.24, 2.45) is 0 Å². The second-order valence-corrected chi connectivity index (χ2v) is 4.00. The lowest BCUT2D eigenvalue weighted by atomic mass is 9.79. The molecule has 2 aromatic rings. The molecule has 0 aliphatic heterocycles. The van der Waals surface area contributed by atoms with Crippen LogP contribution in [0.25, 0.3) is 0 Å². The van der Waals surface area contributed by atoms with Gasteiger partial charge in [-0.3, -0.25) is 0 Å². The van der Waals surface area contributed by atoms with E-state index in [1.807, 2.05) is 0 Å². The van der Waals surface area contributed by atoms with Crippen molar-refractivity contribution in [3.05, 3.63) is 59.9 Å². The van der Waals surface area contributed by atoms with E-state index in [1.165, 1.54) is 12.1 Å². The van der Waals surface area contributed by atoms with Crippen molar-refractivity contribution in [1.29, 1.82) is 0 Å². The van der Waals surface area contributed by atoms with Crippen LogP contribution in [0.4, 0.5) is 17.6 Å². The van der Waals surface area contributed by atoms with E-state index in [1.54, 1.807) is 18.2 Å². The fraction of sp³-hybridized carbons (Fsp3) is 0.0769. The lowest BCUT2D eigenvalue weighted by Gasteiger charge is -2.14. The topological polar surface area (TPSA) is 29.5 Å². The number of rotatable bonds is 3. The molecule has 0 radical (unpaired) electrons. The molecule has 0 unspecified atom stereocenters. The van der Waals surface area contributed by atoms with Crippen LogP contribution in [0, 0.1) is 5.82 Å². The van der Waals surface area contributed by atoms with Gasteiger partial charge in [-0.1, -0.05) is 36.4 Å². The van der Waals surface area contributed by atoms with Crippen molar-refractivity contribution in [3.63, 3.8) is 0 Å². The third-order valence-corrected chi connectivity index (χ3v) is 2.59. The second-order valence-electron chi connectivity index (χ2n) is 4.00. The predicted molar refractivity (Wildman–Crippen MR) is 66.1 cm³/mol. The van der Waals surface area contributed by atoms with Gasteiger partial charge in [0.05, 0.1) is 5.56 Å². The monoisotopic (exact) mass is 284 g/mol. The minimum absolute atomic E-state index is 0.310. The fourth-order valence-corrected chi connectivity index (χ4v) is 1.63. The summed E-state index contributed by atoms with van der Waals surface area (Å²) in [5.41, 5.74) is -1.13. The standard InChI is InChI=1S/C13H9BF4O2/c15-12-10(13(16,17)18)7-4-8-11(12)20-14(19)9-5-2-1-3-6-9/h1-8,19H. The van der Waals surface area contributed by atoms with Gasteiger partial charge < -0.3 is 9.68 Å². The van der Waals surface area contributed by atoms with Gasteiger partial charge in [0.25, 0.3) is 0 Å². The molecule has 0 aliphatic rings. The minimum Gasteiger partial charge on any atom is -0.530 e. The van der Waals surface area contributed by atoms with E-state index in [0.29, 0.717) is 11.5 Å². The third-order valence-electron chi connectivity index (χ3n) is 2.59. The smallest absolute Gasteiger partial charge is 0.530 e. The predicted octanol–water partition coefficient (Wildman–Crippen LogP) is 2.61. The fourth-order valence-electron chi connectivity index (χ4n) is 1.63. The molecule has 0 aromatic heterocycles. The maximum Gasteiger partial charge on any atom is 0.560 e. The van der Waals surface area contributed by atoms with Crippen molar-refractivity contribution in [2.75, 3.05) is 0 Å². The van der Waals surface area contributed by atoms with Gasteiger partial charge in [-0.25, -0.2) is 4.39 Å². The van der Waals surface area contributed by atoms with E-state index in [0.717, 1.165) is 12.1 Å². The molecule has 0 saturated heterocycles. The first kappa shape index (κ1) is 14.4. The molecular weight excluding hydrogens is 275 g/mol. The van der Waals surface area contributed by atoms with E-state index < -0.39 is 30.4 Å². The molecule has 0 fully saturated rings. The minimum atomic E-state index is -4.82. The van der Waals surface area contributed by atoms with E-state index in [9.17, 15) is 22.6 Å². The highest BCUT2D eigenvalue weighted by atomic mass is 19.4. The summed E-state index contributed by atoms with van der Waals surface area (Å²) in [5, 5.41) is 9.72. The van der Waals surface area contributed by atoms with Gasteiger partial charge in [-0.2, -0.15) is 13.2 Å². The Balaban J connectivity index is 2.27. The Morgan fingerprint density at radius 2 is 1.60 bits per heavy atom. The van der Waals surface area contributed by atoms with Crippen LogP contribution < -0.4 is 10.1 Å². The number of benzene rings is 2. The van der Waals surface area contributed by atoms with E-state index >= 15 is 0 Å². The first-order chi connectivity index (χ1) is 9.39. The quantitative estimate of drug-likeness (QED) is 0.693. The zero-order chi connectivity index (χ0) is 14.8. The van der Waals surface area contributed by atoms with Gasteiger partial charge >= 0.3 is 13.3 Å². The summed E-state index contributed by atoms with van der Waals surface area (Å²) in [6, 6.07) is 10.6. The second kappa shape index (κ2) is 5.54. The van der Waals surface area contributed by atoms with Crippen LogP contribution in [0.1, 0.15) is 5.56 Å². The maximum absolute atomic E-state index is 13.7. The van der Waals surface area contributed by atoms with Crippen LogP contribution in [0.2, 0.25) is 0 Å². The summed E-state index contributed by atoms with van der Waals surface area (Å²) in [5.74, 6) is -2.20. The van der Waals surface area contributed by atoms with E-state index in [-0.39, 0.29) is 0 Å². The average Bonchev–Trinajstić information content (AvgIpc) is 2.40. The molecule has 0 heterocycles. The molecule has 2 rings (SSSR count). The highest BCUT2D eigenvalue weighted by Gasteiger charge is 2.35. The van der Waals surface area contributed by atoms with Gasteiger partial charge in [-0.15, -0.1) is 0 Å². The van der Waals surface area contributed by atoms with Gasteiger partial charge in [-0.05, 0) is 17.6 Å². The molecule has 0 saturated carbocycles. The average molecular weight is 284 g/mol. The summed E-state index contributed by atoms with van der Waals surface area (Å²) in [6.45, 7) is 0. The Morgan fingerprint density at radius 1 is 0.950 bits per heavy atom. The summed E-state index contributed by atoms with van der Waals surface area (Å²) < 4.78 is 56.1. The number of hydrogen-bond donors (Lipinski definition) is 1. The molecule has 0 bridgehead atoms. The first-order valence-electron chi connectivity index (χ1n) is 5.65. The van der Waals surface area contributed by atoms with Crippen molar-refractivity contribution < 1.29 is 27.2 Å². The molecule has 7 heteroatoms. The molecule has 0 atom stereocenters. The van der Waals surface area contributed by atoms with Crippen LogP contribution in [0.5, 0.6) is 5.75 Å². The molecule has 0 amide bonds. The van der Waals surface area contributed by atoms with E-state index in [4.69, 9.17) is 4.65 Å². The molecular formula is C13H9BF4O2. The molecule has 20 heavy (non-hydrogen) atoms. The number of halogens is 4. The zero-order valence-corrected chi connectivity index (χ0v) is 10.1. The van der Waals surface area contributed by atoms with Crippen LogP contribution in [-0.2, 0) is 6.18 Å². The maximum atomic E-state index is 13.7. The first-order valence-corrected chi connectivity index (χ1v) is 5.65. The third kappa shape index (κ3) is 3.11. The lowest BCUT2D eigenvalue weighted by Crippen LogP contribution is -2.36. The molecule has 2 nitrogen and oxygen atoms in total. The Bertz CT molecular complexity index is 587. The number of hydrogen-bond acceptors (Lipinski definition) is 2. The van der Waals surface area contributed by atoms with E-state index in [2.05, 4.69) is 0 Å². The molecule has 0 aliphatic carbocycles. The highest BCUT2D eigenvalue weighted by molar-refractivity contribution is 6.60. The van der Waals surface area contributed by atoms with Gasteiger partial charge in [0, 0.05) is 0 Å². The Kier molecular flexibility index (Phi) is 3.99. The van der Waals surface area contributed by atoms with Gasteiger partial charge in [0.2, 0.25) is 0 Å². The van der Waals surface area contributed by atoms with Crippen molar-refractivity contribution >= 4 is 12.6 Å². The molecule has 2 aromatic carbocycles. The van der Waals surface area contributed by atoms with Crippen LogP contribution in [0.3, 0.4) is 0 Å². The van der Waals surface area contributed by atoms with Gasteiger partial charge in [0.1, 0.15) is 5.75 Å². The SMILES string of the molecule is OB(Oc1cccc(C(F)(F)F)c1F)c1ccccc1. The summed E-state index contributed by atoms with van der Waals surface area (Å²) in [6.07, 6.45) is -4.82. The zero-order valence-electron chi connectivity index (χ0n) is 10.1. The molecule has 0 spiro atoms. The van der Waals surface area contributed by atoms with Gasteiger partial charge in [0.15, 0.2) is 5.82 Å². The summed E-state index contributed by atoms with van der Waals surface area (Å²) in [4.78, 5) is 0. The van der Waals surface area contributed by atoms with Crippen molar-refractivity contribution in [1.82, 2.24) is 0 Å². The van der Waals surface area contributed by atoms with Crippen molar-refractivity contribution in [3.8, 4) is 5.75 Å². The molecule has 104 valence electrons. The number of alkyl halides is 3. The summed E-state index contributed by atoms with van der Waals surface area (Å²) >= 11 is 0. The Morgan fingerprint density at radius 3 is 2.20 bits per heavy atom. The van der Waals surface area contributed by atoms with Crippen LogP contribution in [0.15, 0.2) is 48.5 Å². The van der Waals surface area contributed by atoms with Crippen molar-refractivity contribution in [2.45, 2.75) is 6.18 Å². The Labute approximate surface area is 112 Å². The normalized spacial score (nSPS) is 11.2. The Hall–Kier alpha value is -2.02. The largest absolute Gasteiger partial charge is 0.560 e. The summed E-state index contributed by atoms with van der Waals surface area (Å²) in [7, 11) is -1.55. The van der Waals surface area contributed by atoms with Crippen LogP contribution in [-0.4, -0.2) is 12.1 Å². The highest BCUT2D eigenvalue weighted by Crippen LogP contribution is 2.34. The lowest BCUT2D eigenvalue weighted by molar-refractivity contribution is -0.140.